The number of hydrogen-bond donors (Lipinski definition) is 1. The number of esters is 1. The summed E-state index contributed by atoms with van der Waals surface area (Å²) in [6.07, 6.45) is 4.86. The van der Waals surface area contributed by atoms with E-state index in [1.807, 2.05) is 38.3 Å². The normalized spacial score (nSPS) is 16.2. The third-order valence-corrected chi connectivity index (χ3v) is 7.64. The van der Waals surface area contributed by atoms with Crippen molar-refractivity contribution in [2.24, 2.45) is 4.99 Å². The van der Waals surface area contributed by atoms with E-state index in [1.165, 1.54) is 16.0 Å². The molecule has 3 aromatic rings. The van der Waals surface area contributed by atoms with Crippen LogP contribution in [0, 0.1) is 20.8 Å². The first-order valence-electron chi connectivity index (χ1n) is 12.7. The van der Waals surface area contributed by atoms with Crippen molar-refractivity contribution < 1.29 is 14.6 Å². The first-order chi connectivity index (χ1) is 17.5. The van der Waals surface area contributed by atoms with Crippen LogP contribution in [0.5, 0.6) is 0 Å². The Hall–Kier alpha value is -3.10. The Morgan fingerprint density at radius 2 is 1.89 bits per heavy atom. The molecule has 0 bridgehead atoms. The maximum atomic E-state index is 12.9. The summed E-state index contributed by atoms with van der Waals surface area (Å²) in [5, 5.41) is 18.9. The second kappa shape index (κ2) is 10.7. The molecule has 0 amide bonds. The summed E-state index contributed by atoms with van der Waals surface area (Å²) >= 11 is 1.70. The predicted molar refractivity (Wildman–Crippen MR) is 148 cm³/mol. The number of benzene rings is 1. The summed E-state index contributed by atoms with van der Waals surface area (Å²) in [5.41, 5.74) is 4.67. The van der Waals surface area contributed by atoms with Crippen molar-refractivity contribution in [1.29, 1.82) is 0 Å². The third kappa shape index (κ3) is 5.75. The molecule has 2 aromatic heterocycles. The van der Waals surface area contributed by atoms with E-state index >= 15 is 0 Å². The number of carbonyl (C=O) groups is 1. The number of aliphatic imine (C=N–C) groups is 1. The molecule has 3 heterocycles. The van der Waals surface area contributed by atoms with Crippen LogP contribution in [0.3, 0.4) is 0 Å². The second-order valence-corrected chi connectivity index (χ2v) is 11.7. The lowest BCUT2D eigenvalue weighted by atomic mass is 9.95. The molecule has 0 aliphatic carbocycles. The first-order valence-corrected chi connectivity index (χ1v) is 13.5. The number of carbonyl (C=O) groups excluding carboxylic acids is 1. The van der Waals surface area contributed by atoms with E-state index in [1.54, 1.807) is 11.3 Å². The van der Waals surface area contributed by atoms with Gasteiger partial charge in [0.1, 0.15) is 22.5 Å². The molecule has 8 heteroatoms. The van der Waals surface area contributed by atoms with Crippen molar-refractivity contribution in [3.05, 3.63) is 75.2 Å². The van der Waals surface area contributed by atoms with Gasteiger partial charge in [-0.1, -0.05) is 43.3 Å². The Morgan fingerprint density at radius 3 is 2.54 bits per heavy atom. The number of fused-ring (bicyclic) bond motifs is 3. The minimum absolute atomic E-state index is 0.0800. The highest BCUT2D eigenvalue weighted by molar-refractivity contribution is 7.15. The van der Waals surface area contributed by atoms with E-state index in [0.29, 0.717) is 12.2 Å². The van der Waals surface area contributed by atoms with E-state index in [2.05, 4.69) is 61.3 Å². The Bertz CT molecular complexity index is 1340. The summed E-state index contributed by atoms with van der Waals surface area (Å²) in [7, 11) is 0. The van der Waals surface area contributed by atoms with E-state index in [0.717, 1.165) is 27.7 Å². The Labute approximate surface area is 222 Å². The quantitative estimate of drug-likeness (QED) is 0.309. The molecule has 0 saturated carbocycles. The lowest BCUT2D eigenvalue weighted by Crippen LogP contribution is -2.25. The highest BCUT2D eigenvalue weighted by atomic mass is 32.1. The van der Waals surface area contributed by atoms with Crippen LogP contribution in [-0.2, 0) is 9.53 Å². The van der Waals surface area contributed by atoms with Crippen LogP contribution in [0.1, 0.15) is 91.3 Å². The molecule has 1 N–H and O–H groups in total. The molecule has 37 heavy (non-hydrogen) atoms. The zero-order valence-electron chi connectivity index (χ0n) is 22.7. The van der Waals surface area contributed by atoms with Crippen molar-refractivity contribution >= 4 is 23.0 Å². The van der Waals surface area contributed by atoms with Crippen LogP contribution >= 0.6 is 11.3 Å². The van der Waals surface area contributed by atoms with Crippen LogP contribution in [-0.4, -0.2) is 43.8 Å². The molecule has 1 aliphatic heterocycles. The van der Waals surface area contributed by atoms with Gasteiger partial charge in [0, 0.05) is 22.6 Å². The van der Waals surface area contributed by atoms with Crippen molar-refractivity contribution in [2.45, 2.75) is 78.9 Å². The Morgan fingerprint density at radius 1 is 1.19 bits per heavy atom. The van der Waals surface area contributed by atoms with Gasteiger partial charge in [0.2, 0.25) is 0 Å². The maximum absolute atomic E-state index is 12.9. The minimum atomic E-state index is -0.581. The summed E-state index contributed by atoms with van der Waals surface area (Å²) < 4.78 is 7.69. The van der Waals surface area contributed by atoms with E-state index < -0.39 is 11.6 Å². The number of allylic oxidation sites excluding steroid dienone is 1. The van der Waals surface area contributed by atoms with E-state index in [9.17, 15) is 4.79 Å². The lowest BCUT2D eigenvalue weighted by Gasteiger charge is -2.21. The van der Waals surface area contributed by atoms with E-state index in [4.69, 9.17) is 14.8 Å². The molecule has 0 saturated heterocycles. The molecule has 0 radical (unpaired) electrons. The number of hydrogen-bond acceptors (Lipinski definition) is 7. The number of aliphatic hydroxyl groups is 1. The monoisotopic (exact) mass is 520 g/mol. The van der Waals surface area contributed by atoms with Crippen LogP contribution in [0.25, 0.3) is 5.00 Å². The second-order valence-electron chi connectivity index (χ2n) is 10.5. The van der Waals surface area contributed by atoms with Gasteiger partial charge in [-0.2, -0.15) is 0 Å². The van der Waals surface area contributed by atoms with Gasteiger partial charge < -0.3 is 9.84 Å². The SMILES string of the molecule is Cc1sc2c(c1C)C(c1ccc(C(C)/C=C/CCO)cc1)=N[C@@H](CC(=O)OC(C)(C)C)c1nnc(C)n1-2. The van der Waals surface area contributed by atoms with Crippen LogP contribution in [0.4, 0.5) is 0 Å². The smallest absolute Gasteiger partial charge is 0.308 e. The van der Waals surface area contributed by atoms with E-state index in [-0.39, 0.29) is 24.9 Å². The molecule has 1 unspecified atom stereocenters. The zero-order chi connectivity index (χ0) is 26.9. The van der Waals surface area contributed by atoms with Crippen molar-refractivity contribution in [1.82, 2.24) is 14.8 Å². The van der Waals surface area contributed by atoms with Gasteiger partial charge in [-0.15, -0.1) is 21.5 Å². The van der Waals surface area contributed by atoms with Gasteiger partial charge in [-0.3, -0.25) is 14.4 Å². The van der Waals surface area contributed by atoms with Crippen molar-refractivity contribution in [2.75, 3.05) is 6.61 Å². The summed E-state index contributed by atoms with van der Waals surface area (Å²) in [6, 6.07) is 7.93. The average Bonchev–Trinajstić information content (AvgIpc) is 3.30. The first kappa shape index (κ1) is 26.9. The molecule has 196 valence electrons. The molecule has 1 aromatic carbocycles. The standard InChI is InChI=1S/C29H36N4O3S/c1-17(10-8-9-15-34)21-11-13-22(14-12-21)26-25-18(2)19(3)37-28(25)33-20(4)31-32-27(33)23(30-26)16-24(35)36-29(5,6)7/h8,10-14,17,23,34H,9,15-16H2,1-7H3/b10-8+/t17?,23-/m0/s1. The molecular weight excluding hydrogens is 484 g/mol. The fraction of sp³-hybridized carbons (Fsp3) is 0.448. The fourth-order valence-electron chi connectivity index (χ4n) is 4.50. The third-order valence-electron chi connectivity index (χ3n) is 6.45. The molecule has 7 nitrogen and oxygen atoms in total. The molecule has 0 spiro atoms. The van der Waals surface area contributed by atoms with Gasteiger partial charge in [-0.05, 0) is 65.0 Å². The Balaban J connectivity index is 1.81. The number of rotatable bonds is 7. The zero-order valence-corrected chi connectivity index (χ0v) is 23.5. The highest BCUT2D eigenvalue weighted by Crippen LogP contribution is 2.39. The van der Waals surface area contributed by atoms with Crippen LogP contribution < -0.4 is 0 Å². The average molecular weight is 521 g/mol. The van der Waals surface area contributed by atoms with Crippen LogP contribution in [0.2, 0.25) is 0 Å². The van der Waals surface area contributed by atoms with Gasteiger partial charge in [0.25, 0.3) is 0 Å². The number of aliphatic hydroxyl groups excluding tert-OH is 1. The fourth-order valence-corrected chi connectivity index (χ4v) is 5.71. The van der Waals surface area contributed by atoms with Crippen LogP contribution in [0.15, 0.2) is 41.4 Å². The summed E-state index contributed by atoms with van der Waals surface area (Å²) in [5.74, 6) is 1.34. The molecule has 1 aliphatic rings. The number of nitrogens with zero attached hydrogens (tertiary/aromatic N) is 4. The Kier molecular flexibility index (Phi) is 7.80. The number of aryl methyl sites for hydroxylation is 2. The summed E-state index contributed by atoms with van der Waals surface area (Å²) in [4.78, 5) is 19.3. The van der Waals surface area contributed by atoms with Gasteiger partial charge >= 0.3 is 5.97 Å². The minimum Gasteiger partial charge on any atom is -0.460 e. The topological polar surface area (TPSA) is 89.6 Å². The number of thiophene rings is 1. The molecule has 4 rings (SSSR count). The van der Waals surface area contributed by atoms with Gasteiger partial charge in [-0.25, -0.2) is 0 Å². The molecule has 2 atom stereocenters. The van der Waals surface area contributed by atoms with Gasteiger partial charge in [0.05, 0.1) is 12.1 Å². The maximum Gasteiger partial charge on any atom is 0.308 e. The van der Waals surface area contributed by atoms with Crippen molar-refractivity contribution in [3.8, 4) is 5.00 Å². The molecular formula is C29H36N4O3S. The highest BCUT2D eigenvalue weighted by Gasteiger charge is 2.33. The predicted octanol–water partition coefficient (Wildman–Crippen LogP) is 5.92. The number of aromatic nitrogens is 3. The molecule has 0 fully saturated rings. The summed E-state index contributed by atoms with van der Waals surface area (Å²) in [6.45, 7) is 14.1. The van der Waals surface area contributed by atoms with Gasteiger partial charge in [0.15, 0.2) is 5.82 Å². The number of ether oxygens (including phenoxy) is 1. The lowest BCUT2D eigenvalue weighted by molar-refractivity contribution is -0.155. The van der Waals surface area contributed by atoms with Crippen molar-refractivity contribution in [3.63, 3.8) is 0 Å². The largest absolute Gasteiger partial charge is 0.460 e.